The number of aliphatic hydroxyl groups is 1. The summed E-state index contributed by atoms with van der Waals surface area (Å²) in [4.78, 5) is 4.77. The van der Waals surface area contributed by atoms with Crippen molar-refractivity contribution in [3.63, 3.8) is 0 Å². The molecule has 0 bridgehead atoms. The Balaban J connectivity index is 2.23. The zero-order chi connectivity index (χ0) is 10.7. The largest absolute Gasteiger partial charge is 0.386 e. The van der Waals surface area contributed by atoms with Gasteiger partial charge in [0, 0.05) is 6.20 Å². The monoisotopic (exact) mass is 222 g/mol. The summed E-state index contributed by atoms with van der Waals surface area (Å²) >= 11 is 1.43. The van der Waals surface area contributed by atoms with E-state index in [0.29, 0.717) is 0 Å². The van der Waals surface area contributed by atoms with E-state index in [-0.39, 0.29) is 0 Å². The van der Waals surface area contributed by atoms with Gasteiger partial charge in [-0.25, -0.2) is 0 Å². The molecule has 1 unspecified atom stereocenters. The lowest BCUT2D eigenvalue weighted by atomic mass is 9.71. The van der Waals surface area contributed by atoms with E-state index in [0.717, 1.165) is 30.6 Å². The molecule has 1 aromatic rings. The van der Waals surface area contributed by atoms with Crippen LogP contribution in [0, 0.1) is 16.7 Å². The van der Waals surface area contributed by atoms with Gasteiger partial charge in [0.2, 0.25) is 0 Å². The Bertz CT molecular complexity index is 349. The van der Waals surface area contributed by atoms with Crippen molar-refractivity contribution < 1.29 is 5.11 Å². The van der Waals surface area contributed by atoms with Crippen molar-refractivity contribution in [3.05, 3.63) is 16.6 Å². The molecule has 0 amide bonds. The normalized spacial score (nSPS) is 21.9. The van der Waals surface area contributed by atoms with Crippen molar-refractivity contribution in [2.75, 3.05) is 0 Å². The molecular formula is C11H14N2OS. The minimum atomic E-state index is -0.657. The number of rotatable bonds is 2. The van der Waals surface area contributed by atoms with Gasteiger partial charge < -0.3 is 5.11 Å². The van der Waals surface area contributed by atoms with Gasteiger partial charge in [0.25, 0.3) is 0 Å². The Kier molecular flexibility index (Phi) is 3.03. The van der Waals surface area contributed by atoms with Gasteiger partial charge >= 0.3 is 0 Å². The molecular weight excluding hydrogens is 208 g/mol. The molecule has 15 heavy (non-hydrogen) atoms. The molecule has 1 saturated carbocycles. The Morgan fingerprint density at radius 2 is 2.20 bits per heavy atom. The first-order chi connectivity index (χ1) is 7.28. The summed E-state index contributed by atoms with van der Waals surface area (Å²) in [6.07, 6.45) is 5.90. The van der Waals surface area contributed by atoms with E-state index in [9.17, 15) is 10.4 Å². The van der Waals surface area contributed by atoms with Crippen LogP contribution in [0.2, 0.25) is 0 Å². The quantitative estimate of drug-likeness (QED) is 0.837. The first kappa shape index (κ1) is 10.6. The van der Waals surface area contributed by atoms with E-state index < -0.39 is 11.5 Å². The number of aliphatic hydroxyl groups excluding tert-OH is 1. The Labute approximate surface area is 93.4 Å². The molecule has 0 radical (unpaired) electrons. The summed E-state index contributed by atoms with van der Waals surface area (Å²) in [5, 5.41) is 19.5. The minimum Gasteiger partial charge on any atom is -0.386 e. The molecule has 2 rings (SSSR count). The highest BCUT2D eigenvalue weighted by Crippen LogP contribution is 2.46. The molecule has 1 N–H and O–H groups in total. The zero-order valence-electron chi connectivity index (χ0n) is 8.52. The third-order valence-electron chi connectivity index (χ3n) is 3.21. The molecule has 1 aromatic heterocycles. The first-order valence-corrected chi connectivity index (χ1v) is 6.14. The lowest BCUT2D eigenvalue weighted by molar-refractivity contribution is 0.0385. The second kappa shape index (κ2) is 4.30. The molecule has 4 heteroatoms. The predicted octanol–water partition coefficient (Wildman–Crippen LogP) is 2.65. The number of hydrogen-bond acceptors (Lipinski definition) is 4. The van der Waals surface area contributed by atoms with Crippen LogP contribution in [0.4, 0.5) is 0 Å². The molecule has 1 aliphatic carbocycles. The predicted molar refractivity (Wildman–Crippen MR) is 58.2 cm³/mol. The van der Waals surface area contributed by atoms with Crippen molar-refractivity contribution >= 4 is 11.3 Å². The molecule has 1 heterocycles. The third kappa shape index (κ3) is 1.90. The van der Waals surface area contributed by atoms with Gasteiger partial charge in [-0.15, -0.1) is 11.3 Å². The molecule has 0 saturated heterocycles. The van der Waals surface area contributed by atoms with E-state index in [2.05, 4.69) is 11.1 Å². The van der Waals surface area contributed by atoms with Gasteiger partial charge in [-0.2, -0.15) is 5.26 Å². The van der Waals surface area contributed by atoms with Crippen LogP contribution in [-0.2, 0) is 0 Å². The highest BCUT2D eigenvalue weighted by Gasteiger charge is 2.40. The number of thiazole rings is 1. The summed E-state index contributed by atoms with van der Waals surface area (Å²) in [7, 11) is 0. The molecule has 0 aliphatic heterocycles. The van der Waals surface area contributed by atoms with Crippen LogP contribution in [0.25, 0.3) is 0 Å². The van der Waals surface area contributed by atoms with Gasteiger partial charge in [0.1, 0.15) is 6.10 Å². The minimum absolute atomic E-state index is 0.565. The molecule has 1 aliphatic rings. The zero-order valence-corrected chi connectivity index (χ0v) is 9.33. The highest BCUT2D eigenvalue weighted by molar-refractivity contribution is 7.09. The van der Waals surface area contributed by atoms with Crippen LogP contribution in [0.5, 0.6) is 0 Å². The van der Waals surface area contributed by atoms with Crippen LogP contribution in [0.15, 0.2) is 11.7 Å². The maximum atomic E-state index is 10.2. The fraction of sp³-hybridized carbons (Fsp3) is 0.636. The van der Waals surface area contributed by atoms with Gasteiger partial charge in [0.05, 0.1) is 21.9 Å². The lowest BCUT2D eigenvalue weighted by Crippen LogP contribution is -2.29. The number of aromatic nitrogens is 1. The molecule has 1 atom stereocenters. The molecule has 1 fully saturated rings. The van der Waals surface area contributed by atoms with E-state index in [4.69, 9.17) is 0 Å². The average molecular weight is 222 g/mol. The Morgan fingerprint density at radius 1 is 1.47 bits per heavy atom. The average Bonchev–Trinajstić information content (AvgIpc) is 2.82. The van der Waals surface area contributed by atoms with Crippen LogP contribution in [-0.4, -0.2) is 10.1 Å². The van der Waals surface area contributed by atoms with Crippen LogP contribution in [0.1, 0.15) is 43.1 Å². The summed E-state index contributed by atoms with van der Waals surface area (Å²) in [5.74, 6) is 0. The third-order valence-corrected chi connectivity index (χ3v) is 4.04. The van der Waals surface area contributed by atoms with Gasteiger partial charge in [-0.1, -0.05) is 19.3 Å². The number of nitriles is 1. The topological polar surface area (TPSA) is 56.9 Å². The molecule has 0 spiro atoms. The van der Waals surface area contributed by atoms with Crippen molar-refractivity contribution in [2.45, 2.75) is 38.2 Å². The second-order valence-corrected chi connectivity index (χ2v) is 5.05. The number of nitrogens with zero attached hydrogens (tertiary/aromatic N) is 2. The van der Waals surface area contributed by atoms with Crippen molar-refractivity contribution in [3.8, 4) is 6.07 Å². The SMILES string of the molecule is N#CC1(C(O)c2cncs2)CCCCC1. The maximum absolute atomic E-state index is 10.2. The van der Waals surface area contributed by atoms with E-state index in [1.165, 1.54) is 17.8 Å². The van der Waals surface area contributed by atoms with Crippen molar-refractivity contribution in [1.82, 2.24) is 4.98 Å². The standard InChI is InChI=1S/C11H14N2OS/c12-7-11(4-2-1-3-5-11)10(14)9-6-13-8-15-9/h6,8,10,14H,1-5H2. The van der Waals surface area contributed by atoms with Gasteiger partial charge in [-0.3, -0.25) is 4.98 Å². The highest BCUT2D eigenvalue weighted by atomic mass is 32.1. The molecule has 80 valence electrons. The summed E-state index contributed by atoms with van der Waals surface area (Å²) in [6, 6.07) is 2.33. The summed E-state index contributed by atoms with van der Waals surface area (Å²) < 4.78 is 0. The summed E-state index contributed by atoms with van der Waals surface area (Å²) in [6.45, 7) is 0. The fourth-order valence-electron chi connectivity index (χ4n) is 2.26. The summed E-state index contributed by atoms with van der Waals surface area (Å²) in [5.41, 5.74) is 1.14. The molecule has 3 nitrogen and oxygen atoms in total. The Hall–Kier alpha value is -0.920. The van der Waals surface area contributed by atoms with Gasteiger partial charge in [0.15, 0.2) is 0 Å². The van der Waals surface area contributed by atoms with E-state index in [1.807, 2.05) is 0 Å². The van der Waals surface area contributed by atoms with Crippen molar-refractivity contribution in [1.29, 1.82) is 5.26 Å². The van der Waals surface area contributed by atoms with Gasteiger partial charge in [-0.05, 0) is 12.8 Å². The maximum Gasteiger partial charge on any atom is 0.108 e. The smallest absolute Gasteiger partial charge is 0.108 e. The first-order valence-electron chi connectivity index (χ1n) is 5.26. The number of hydrogen-bond donors (Lipinski definition) is 1. The van der Waals surface area contributed by atoms with Crippen LogP contribution in [0.3, 0.4) is 0 Å². The lowest BCUT2D eigenvalue weighted by Gasteiger charge is -2.34. The van der Waals surface area contributed by atoms with Crippen LogP contribution >= 0.6 is 11.3 Å². The van der Waals surface area contributed by atoms with Crippen molar-refractivity contribution in [2.24, 2.45) is 5.41 Å². The van der Waals surface area contributed by atoms with E-state index >= 15 is 0 Å². The van der Waals surface area contributed by atoms with Crippen LogP contribution < -0.4 is 0 Å². The fourth-order valence-corrected chi connectivity index (χ4v) is 2.98. The Morgan fingerprint density at radius 3 is 2.73 bits per heavy atom. The van der Waals surface area contributed by atoms with E-state index in [1.54, 1.807) is 11.7 Å². The second-order valence-electron chi connectivity index (χ2n) is 4.13. The molecule has 0 aromatic carbocycles.